The van der Waals surface area contributed by atoms with Gasteiger partial charge in [0.2, 0.25) is 0 Å². The lowest BCUT2D eigenvalue weighted by Gasteiger charge is -1.97. The van der Waals surface area contributed by atoms with Gasteiger partial charge in [0.15, 0.2) is 5.84 Å². The molecule has 0 atom stereocenters. The van der Waals surface area contributed by atoms with E-state index >= 15 is 0 Å². The highest BCUT2D eigenvalue weighted by Crippen LogP contribution is 2.02. The Labute approximate surface area is 56.7 Å². The van der Waals surface area contributed by atoms with Crippen LogP contribution in [0.25, 0.3) is 0 Å². The third-order valence-electron chi connectivity index (χ3n) is 1.19. The standard InChI is InChI=1S/C6H3N3O/c10-5-3-8-6-4(9-5)1-2-7-6/h1-3H. The maximum atomic E-state index is 10.6. The molecular weight excluding hydrogens is 130 g/mol. The number of fused-ring (bicyclic) bond motifs is 1. The van der Waals surface area contributed by atoms with Crippen molar-refractivity contribution >= 4 is 23.7 Å². The molecule has 0 radical (unpaired) electrons. The highest BCUT2D eigenvalue weighted by Gasteiger charge is 2.14. The van der Waals surface area contributed by atoms with Crippen LogP contribution >= 0.6 is 0 Å². The van der Waals surface area contributed by atoms with Crippen LogP contribution in [-0.4, -0.2) is 23.7 Å². The monoisotopic (exact) mass is 133 g/mol. The van der Waals surface area contributed by atoms with Crippen molar-refractivity contribution in [3.8, 4) is 0 Å². The number of carbonyl (C=O) groups is 1. The van der Waals surface area contributed by atoms with Gasteiger partial charge in [-0.05, 0) is 6.08 Å². The summed E-state index contributed by atoms with van der Waals surface area (Å²) in [5.74, 6) is 0.208. The van der Waals surface area contributed by atoms with Crippen molar-refractivity contribution < 1.29 is 4.79 Å². The number of hydrogen-bond acceptors (Lipinski definition) is 3. The molecule has 4 nitrogen and oxygen atoms in total. The Hall–Kier alpha value is -1.58. The Morgan fingerprint density at radius 2 is 2.30 bits per heavy atom. The number of amidine groups is 1. The van der Waals surface area contributed by atoms with Crippen LogP contribution in [-0.2, 0) is 4.79 Å². The lowest BCUT2D eigenvalue weighted by Crippen LogP contribution is -2.15. The van der Waals surface area contributed by atoms with E-state index in [-0.39, 0.29) is 5.91 Å². The first kappa shape index (κ1) is 5.22. The fraction of sp³-hybridized carbons (Fsp3) is 0. The van der Waals surface area contributed by atoms with Crippen molar-refractivity contribution in [2.45, 2.75) is 0 Å². The minimum absolute atomic E-state index is 0.319. The molecule has 0 spiro atoms. The molecule has 2 heterocycles. The highest BCUT2D eigenvalue weighted by atomic mass is 16.1. The minimum Gasteiger partial charge on any atom is -0.266 e. The molecule has 0 saturated carbocycles. The van der Waals surface area contributed by atoms with E-state index in [1.54, 1.807) is 12.3 Å². The Bertz CT molecular complexity index is 309. The van der Waals surface area contributed by atoms with Gasteiger partial charge in [0, 0.05) is 6.20 Å². The molecule has 0 aromatic rings. The molecule has 0 aliphatic carbocycles. The van der Waals surface area contributed by atoms with E-state index in [2.05, 4.69) is 15.0 Å². The molecule has 2 rings (SSSR count). The Morgan fingerprint density at radius 3 is 3.20 bits per heavy atom. The van der Waals surface area contributed by atoms with Crippen LogP contribution in [0, 0.1) is 0 Å². The van der Waals surface area contributed by atoms with Gasteiger partial charge in [-0.25, -0.2) is 15.0 Å². The zero-order valence-electron chi connectivity index (χ0n) is 4.98. The van der Waals surface area contributed by atoms with Gasteiger partial charge >= 0.3 is 0 Å². The Morgan fingerprint density at radius 1 is 1.40 bits per heavy atom. The van der Waals surface area contributed by atoms with Gasteiger partial charge in [-0.15, -0.1) is 0 Å². The Balaban J connectivity index is 2.51. The fourth-order valence-corrected chi connectivity index (χ4v) is 0.770. The molecule has 0 fully saturated rings. The lowest BCUT2D eigenvalue weighted by molar-refractivity contribution is -0.111. The molecule has 0 aromatic heterocycles. The molecule has 0 saturated heterocycles. The predicted octanol–water partition coefficient (Wildman–Crippen LogP) is -0.0358. The summed E-state index contributed by atoms with van der Waals surface area (Å²) in [7, 11) is 0. The molecule has 10 heavy (non-hydrogen) atoms. The summed E-state index contributed by atoms with van der Waals surface area (Å²) in [6, 6.07) is 0. The zero-order chi connectivity index (χ0) is 6.97. The number of nitrogens with zero attached hydrogens (tertiary/aromatic N) is 3. The first-order valence-corrected chi connectivity index (χ1v) is 2.78. The molecule has 48 valence electrons. The van der Waals surface area contributed by atoms with E-state index in [0.717, 1.165) is 6.21 Å². The number of carbonyl (C=O) groups excluding carboxylic acids is 1. The summed E-state index contributed by atoms with van der Waals surface area (Å²) in [4.78, 5) is 21.8. The molecule has 0 bridgehead atoms. The van der Waals surface area contributed by atoms with Gasteiger partial charge in [0.05, 0.1) is 6.21 Å². The fourth-order valence-electron chi connectivity index (χ4n) is 0.770. The topological polar surface area (TPSA) is 54.1 Å². The second-order valence-electron chi connectivity index (χ2n) is 1.86. The molecule has 0 aromatic carbocycles. The van der Waals surface area contributed by atoms with Gasteiger partial charge in [0.25, 0.3) is 5.91 Å². The highest BCUT2D eigenvalue weighted by molar-refractivity contribution is 6.55. The van der Waals surface area contributed by atoms with E-state index in [9.17, 15) is 4.79 Å². The van der Waals surface area contributed by atoms with Crippen molar-refractivity contribution in [2.24, 2.45) is 15.0 Å². The van der Waals surface area contributed by atoms with Gasteiger partial charge < -0.3 is 0 Å². The van der Waals surface area contributed by atoms with Gasteiger partial charge in [-0.2, -0.15) is 0 Å². The van der Waals surface area contributed by atoms with Gasteiger partial charge in [-0.1, -0.05) is 0 Å². The van der Waals surface area contributed by atoms with E-state index in [4.69, 9.17) is 0 Å². The van der Waals surface area contributed by atoms with Gasteiger partial charge in [-0.3, -0.25) is 4.79 Å². The largest absolute Gasteiger partial charge is 0.288 e. The Kier molecular flexibility index (Phi) is 0.887. The van der Waals surface area contributed by atoms with Crippen molar-refractivity contribution in [1.29, 1.82) is 0 Å². The average molecular weight is 133 g/mol. The average Bonchev–Trinajstić information content (AvgIpc) is 2.33. The second-order valence-corrected chi connectivity index (χ2v) is 1.86. The summed E-state index contributed by atoms with van der Waals surface area (Å²) in [5.41, 5.74) is 0.563. The zero-order valence-corrected chi connectivity index (χ0v) is 4.98. The molecule has 1 amide bonds. The smallest absolute Gasteiger partial charge is 0.266 e. The van der Waals surface area contributed by atoms with Crippen molar-refractivity contribution in [2.75, 3.05) is 0 Å². The number of rotatable bonds is 0. The van der Waals surface area contributed by atoms with E-state index < -0.39 is 0 Å². The SMILES string of the molecule is O=C1C=NC2=NC=CC2=N1. The predicted molar refractivity (Wildman–Crippen MR) is 37.5 cm³/mol. The first-order chi connectivity index (χ1) is 4.86. The third-order valence-corrected chi connectivity index (χ3v) is 1.19. The molecule has 2 aliphatic rings. The molecule has 0 unspecified atom stereocenters. The summed E-state index contributed by atoms with van der Waals surface area (Å²) < 4.78 is 0. The number of aliphatic imine (C=N–C) groups is 3. The number of hydrogen-bond donors (Lipinski definition) is 0. The van der Waals surface area contributed by atoms with E-state index in [1.807, 2.05) is 0 Å². The molecular formula is C6H3N3O. The molecule has 0 N–H and O–H groups in total. The van der Waals surface area contributed by atoms with Crippen molar-refractivity contribution in [3.05, 3.63) is 12.3 Å². The summed E-state index contributed by atoms with van der Waals surface area (Å²) in [5, 5.41) is 0. The van der Waals surface area contributed by atoms with Gasteiger partial charge in [0.1, 0.15) is 5.71 Å². The molecule has 2 aliphatic heterocycles. The summed E-state index contributed by atoms with van der Waals surface area (Å²) >= 11 is 0. The van der Waals surface area contributed by atoms with Crippen LogP contribution in [0.1, 0.15) is 0 Å². The van der Waals surface area contributed by atoms with Crippen LogP contribution < -0.4 is 0 Å². The molecule has 4 heteroatoms. The maximum absolute atomic E-state index is 10.6. The summed E-state index contributed by atoms with van der Waals surface area (Å²) in [6.07, 6.45) is 4.39. The van der Waals surface area contributed by atoms with Crippen LogP contribution in [0.3, 0.4) is 0 Å². The second kappa shape index (κ2) is 1.70. The summed E-state index contributed by atoms with van der Waals surface area (Å²) in [6.45, 7) is 0. The van der Waals surface area contributed by atoms with Crippen molar-refractivity contribution in [1.82, 2.24) is 0 Å². The van der Waals surface area contributed by atoms with Crippen LogP contribution in [0.4, 0.5) is 0 Å². The maximum Gasteiger partial charge on any atom is 0.288 e. The van der Waals surface area contributed by atoms with Crippen LogP contribution in [0.2, 0.25) is 0 Å². The van der Waals surface area contributed by atoms with Crippen LogP contribution in [0.5, 0.6) is 0 Å². The lowest BCUT2D eigenvalue weighted by atomic mass is 10.3. The quantitative estimate of drug-likeness (QED) is 0.457. The number of amides is 1. The minimum atomic E-state index is -0.319. The van der Waals surface area contributed by atoms with Crippen molar-refractivity contribution in [3.63, 3.8) is 0 Å². The van der Waals surface area contributed by atoms with Crippen LogP contribution in [0.15, 0.2) is 27.3 Å². The van der Waals surface area contributed by atoms with E-state index in [1.165, 1.54) is 0 Å². The normalized spacial score (nSPS) is 20.6. The first-order valence-electron chi connectivity index (χ1n) is 2.78. The third kappa shape index (κ3) is 0.621. The van der Waals surface area contributed by atoms with E-state index in [0.29, 0.717) is 11.5 Å².